The molecule has 1 aromatic rings. The number of benzene rings is 1. The van der Waals surface area contributed by atoms with Crippen LogP contribution in [0.15, 0.2) is 18.2 Å². The molecule has 0 atom stereocenters. The van der Waals surface area contributed by atoms with E-state index in [1.165, 1.54) is 12.1 Å². The summed E-state index contributed by atoms with van der Waals surface area (Å²) in [4.78, 5) is 33.6. The molecule has 0 saturated heterocycles. The van der Waals surface area contributed by atoms with Crippen molar-refractivity contribution in [1.82, 2.24) is 10.6 Å². The van der Waals surface area contributed by atoms with Gasteiger partial charge < -0.3 is 10.6 Å². The summed E-state index contributed by atoms with van der Waals surface area (Å²) in [7, 11) is 0. The van der Waals surface area contributed by atoms with Crippen LogP contribution in [0.5, 0.6) is 0 Å². The van der Waals surface area contributed by atoms with Gasteiger partial charge in [-0.3, -0.25) is 19.7 Å². The maximum Gasteiger partial charge on any atom is 0.282 e. The first-order valence-corrected chi connectivity index (χ1v) is 6.68. The van der Waals surface area contributed by atoms with Crippen molar-refractivity contribution in [2.24, 2.45) is 5.92 Å². The van der Waals surface area contributed by atoms with Crippen LogP contribution >= 0.6 is 11.6 Å². The molecule has 0 bridgehead atoms. The standard InChI is InChI=1S/C13H16ClN3O4/c1-8(2)6-15-12(18)7-16-13(19)10-5-9(14)3-4-11(10)17(20)21/h3-5,8H,6-7H2,1-2H3,(H,15,18)(H,16,19). The molecule has 0 spiro atoms. The molecule has 2 amide bonds. The van der Waals surface area contributed by atoms with Crippen LogP contribution in [0.4, 0.5) is 5.69 Å². The van der Waals surface area contributed by atoms with E-state index in [1.807, 2.05) is 13.8 Å². The van der Waals surface area contributed by atoms with Gasteiger partial charge in [-0.1, -0.05) is 25.4 Å². The van der Waals surface area contributed by atoms with Crippen molar-refractivity contribution in [1.29, 1.82) is 0 Å². The van der Waals surface area contributed by atoms with Crippen molar-refractivity contribution < 1.29 is 14.5 Å². The molecular formula is C13H16ClN3O4. The van der Waals surface area contributed by atoms with Crippen molar-refractivity contribution >= 4 is 29.1 Å². The number of rotatable bonds is 6. The number of nitrogens with one attached hydrogen (secondary N) is 2. The minimum atomic E-state index is -0.719. The third-order valence-electron chi connectivity index (χ3n) is 2.52. The number of nitro benzene ring substituents is 1. The van der Waals surface area contributed by atoms with E-state index < -0.39 is 10.8 Å². The van der Waals surface area contributed by atoms with Crippen LogP contribution in [0.25, 0.3) is 0 Å². The smallest absolute Gasteiger partial charge is 0.282 e. The van der Waals surface area contributed by atoms with Crippen LogP contribution in [0.1, 0.15) is 24.2 Å². The largest absolute Gasteiger partial charge is 0.354 e. The first kappa shape index (κ1) is 16.9. The van der Waals surface area contributed by atoms with Gasteiger partial charge in [-0.2, -0.15) is 0 Å². The van der Waals surface area contributed by atoms with Crippen LogP contribution < -0.4 is 10.6 Å². The van der Waals surface area contributed by atoms with Crippen molar-refractivity contribution in [3.05, 3.63) is 38.9 Å². The molecular weight excluding hydrogens is 298 g/mol. The van der Waals surface area contributed by atoms with E-state index in [4.69, 9.17) is 11.6 Å². The lowest BCUT2D eigenvalue weighted by atomic mass is 10.1. The van der Waals surface area contributed by atoms with Gasteiger partial charge in [0, 0.05) is 17.6 Å². The normalized spacial score (nSPS) is 10.3. The summed E-state index contributed by atoms with van der Waals surface area (Å²) in [5.41, 5.74) is -0.538. The van der Waals surface area contributed by atoms with Crippen molar-refractivity contribution in [2.75, 3.05) is 13.1 Å². The van der Waals surface area contributed by atoms with E-state index in [9.17, 15) is 19.7 Å². The van der Waals surface area contributed by atoms with E-state index in [1.54, 1.807) is 0 Å². The van der Waals surface area contributed by atoms with E-state index in [-0.39, 0.29) is 28.7 Å². The second-order valence-electron chi connectivity index (χ2n) is 4.80. The number of nitrogens with zero attached hydrogens (tertiary/aromatic N) is 1. The SMILES string of the molecule is CC(C)CNC(=O)CNC(=O)c1cc(Cl)ccc1[N+](=O)[O-]. The van der Waals surface area contributed by atoms with Gasteiger partial charge in [-0.05, 0) is 18.1 Å². The number of hydrogen-bond donors (Lipinski definition) is 2. The molecule has 7 nitrogen and oxygen atoms in total. The van der Waals surface area contributed by atoms with Gasteiger partial charge in [0.05, 0.1) is 11.5 Å². The summed E-state index contributed by atoms with van der Waals surface area (Å²) in [6, 6.07) is 3.67. The molecule has 0 aliphatic carbocycles. The fraction of sp³-hybridized carbons (Fsp3) is 0.385. The third-order valence-corrected chi connectivity index (χ3v) is 2.75. The maximum absolute atomic E-state index is 11.9. The Kier molecular flexibility index (Phi) is 6.10. The van der Waals surface area contributed by atoms with Crippen LogP contribution in [0, 0.1) is 16.0 Å². The average molecular weight is 314 g/mol. The van der Waals surface area contributed by atoms with Crippen molar-refractivity contribution in [3.63, 3.8) is 0 Å². The third kappa shape index (κ3) is 5.39. The van der Waals surface area contributed by atoms with Crippen molar-refractivity contribution in [2.45, 2.75) is 13.8 Å². The Morgan fingerprint density at radius 1 is 1.33 bits per heavy atom. The van der Waals surface area contributed by atoms with Crippen LogP contribution in [0.3, 0.4) is 0 Å². The quantitative estimate of drug-likeness (QED) is 0.617. The lowest BCUT2D eigenvalue weighted by Crippen LogP contribution is -2.38. The average Bonchev–Trinajstić information content (AvgIpc) is 2.41. The second kappa shape index (κ2) is 7.58. The minimum absolute atomic E-state index is 0.177. The highest BCUT2D eigenvalue weighted by Gasteiger charge is 2.20. The zero-order valence-corrected chi connectivity index (χ0v) is 12.4. The molecule has 2 N–H and O–H groups in total. The molecule has 1 rings (SSSR count). The van der Waals surface area contributed by atoms with Gasteiger partial charge in [-0.25, -0.2) is 0 Å². The summed E-state index contributed by atoms with van der Waals surface area (Å²) in [5, 5.41) is 16.0. The zero-order chi connectivity index (χ0) is 16.0. The molecule has 21 heavy (non-hydrogen) atoms. The molecule has 8 heteroatoms. The number of amides is 2. The summed E-state index contributed by atoms with van der Waals surface area (Å²) < 4.78 is 0. The predicted octanol–water partition coefficient (Wildman–Crippen LogP) is 1.75. The summed E-state index contributed by atoms with van der Waals surface area (Å²) in [6.07, 6.45) is 0. The molecule has 0 heterocycles. The molecule has 0 aliphatic rings. The number of nitro groups is 1. The molecule has 0 aromatic heterocycles. The second-order valence-corrected chi connectivity index (χ2v) is 5.24. The highest BCUT2D eigenvalue weighted by molar-refractivity contribution is 6.31. The molecule has 1 aromatic carbocycles. The number of halogens is 1. The number of hydrogen-bond acceptors (Lipinski definition) is 4. The first-order chi connectivity index (χ1) is 9.81. The van der Waals surface area contributed by atoms with Gasteiger partial charge in [0.2, 0.25) is 5.91 Å². The van der Waals surface area contributed by atoms with Gasteiger partial charge in [-0.15, -0.1) is 0 Å². The van der Waals surface area contributed by atoms with E-state index in [2.05, 4.69) is 10.6 Å². The molecule has 0 radical (unpaired) electrons. The summed E-state index contributed by atoms with van der Waals surface area (Å²) in [5.74, 6) is -0.788. The molecule has 0 aliphatic heterocycles. The monoisotopic (exact) mass is 313 g/mol. The van der Waals surface area contributed by atoms with E-state index in [0.29, 0.717) is 12.5 Å². The molecule has 0 fully saturated rings. The predicted molar refractivity (Wildman–Crippen MR) is 78.3 cm³/mol. The number of carbonyl (C=O) groups excluding carboxylic acids is 2. The maximum atomic E-state index is 11.9. The Morgan fingerprint density at radius 2 is 2.00 bits per heavy atom. The van der Waals surface area contributed by atoms with E-state index >= 15 is 0 Å². The number of carbonyl (C=O) groups is 2. The van der Waals surface area contributed by atoms with Gasteiger partial charge >= 0.3 is 0 Å². The first-order valence-electron chi connectivity index (χ1n) is 6.30. The topological polar surface area (TPSA) is 101 Å². The Hall–Kier alpha value is -2.15. The lowest BCUT2D eigenvalue weighted by molar-refractivity contribution is -0.385. The Bertz CT molecular complexity index is 560. The Labute approximate surface area is 126 Å². The fourth-order valence-corrected chi connectivity index (χ4v) is 1.66. The molecule has 114 valence electrons. The van der Waals surface area contributed by atoms with Crippen LogP contribution in [-0.4, -0.2) is 29.8 Å². The Morgan fingerprint density at radius 3 is 2.57 bits per heavy atom. The van der Waals surface area contributed by atoms with Crippen LogP contribution in [0.2, 0.25) is 5.02 Å². The van der Waals surface area contributed by atoms with Crippen LogP contribution in [-0.2, 0) is 4.79 Å². The van der Waals surface area contributed by atoms with Gasteiger partial charge in [0.1, 0.15) is 5.56 Å². The van der Waals surface area contributed by atoms with Crippen molar-refractivity contribution in [3.8, 4) is 0 Å². The lowest BCUT2D eigenvalue weighted by Gasteiger charge is -2.09. The summed E-state index contributed by atoms with van der Waals surface area (Å²) >= 11 is 5.73. The Balaban J connectivity index is 2.70. The molecule has 0 saturated carbocycles. The zero-order valence-electron chi connectivity index (χ0n) is 11.7. The van der Waals surface area contributed by atoms with Gasteiger partial charge in [0.15, 0.2) is 0 Å². The molecule has 0 unspecified atom stereocenters. The fourth-order valence-electron chi connectivity index (χ4n) is 1.49. The summed E-state index contributed by atoms with van der Waals surface area (Å²) in [6.45, 7) is 4.11. The van der Waals surface area contributed by atoms with Gasteiger partial charge in [0.25, 0.3) is 11.6 Å². The minimum Gasteiger partial charge on any atom is -0.354 e. The highest BCUT2D eigenvalue weighted by Crippen LogP contribution is 2.22. The van der Waals surface area contributed by atoms with E-state index in [0.717, 1.165) is 6.07 Å². The highest BCUT2D eigenvalue weighted by atomic mass is 35.5.